The second-order valence-corrected chi connectivity index (χ2v) is 5.03. The van der Waals surface area contributed by atoms with Crippen molar-refractivity contribution in [2.45, 2.75) is 12.8 Å². The van der Waals surface area contributed by atoms with E-state index in [0.29, 0.717) is 23.6 Å². The van der Waals surface area contributed by atoms with Gasteiger partial charge < -0.3 is 14.8 Å². The quantitative estimate of drug-likeness (QED) is 0.798. The van der Waals surface area contributed by atoms with Crippen molar-refractivity contribution in [1.29, 1.82) is 0 Å². The number of methoxy groups -OCH3 is 2. The van der Waals surface area contributed by atoms with Crippen LogP contribution in [0.25, 0.3) is 0 Å². The molecule has 2 aromatic carbocycles. The zero-order chi connectivity index (χ0) is 16.7. The maximum Gasteiger partial charge on any atom is 0.255 e. The summed E-state index contributed by atoms with van der Waals surface area (Å²) < 4.78 is 23.3. The van der Waals surface area contributed by atoms with Gasteiger partial charge in [-0.25, -0.2) is 4.39 Å². The third kappa shape index (κ3) is 4.45. The Hall–Kier alpha value is -2.56. The van der Waals surface area contributed by atoms with Crippen LogP contribution in [0.2, 0.25) is 0 Å². The molecule has 23 heavy (non-hydrogen) atoms. The first-order valence-corrected chi connectivity index (χ1v) is 7.39. The fourth-order valence-electron chi connectivity index (χ4n) is 2.31. The molecule has 1 N–H and O–H groups in total. The van der Waals surface area contributed by atoms with Gasteiger partial charge in [0.15, 0.2) is 11.5 Å². The maximum atomic E-state index is 12.8. The van der Waals surface area contributed by atoms with Crippen molar-refractivity contribution < 1.29 is 18.7 Å². The van der Waals surface area contributed by atoms with Crippen LogP contribution in [-0.4, -0.2) is 26.7 Å². The minimum Gasteiger partial charge on any atom is -0.493 e. The Bertz CT molecular complexity index is 656. The van der Waals surface area contributed by atoms with Gasteiger partial charge in [0.1, 0.15) is 5.82 Å². The van der Waals surface area contributed by atoms with Crippen LogP contribution in [0.5, 0.6) is 11.5 Å². The number of aryl methyl sites for hydroxylation is 1. The molecule has 0 fully saturated rings. The molecule has 0 aliphatic heterocycles. The highest BCUT2D eigenvalue weighted by Gasteiger charge is 2.15. The van der Waals surface area contributed by atoms with Crippen LogP contribution in [0.4, 0.5) is 4.39 Å². The second-order valence-electron chi connectivity index (χ2n) is 5.03. The molecule has 0 aromatic heterocycles. The van der Waals surface area contributed by atoms with Crippen molar-refractivity contribution >= 4 is 5.91 Å². The van der Waals surface area contributed by atoms with E-state index in [1.807, 2.05) is 0 Å². The van der Waals surface area contributed by atoms with Crippen LogP contribution in [0, 0.1) is 5.82 Å². The number of ether oxygens (including phenoxy) is 2. The van der Waals surface area contributed by atoms with E-state index in [2.05, 4.69) is 5.32 Å². The zero-order valence-corrected chi connectivity index (χ0v) is 13.3. The average Bonchev–Trinajstić information content (AvgIpc) is 2.59. The molecule has 0 radical (unpaired) electrons. The Labute approximate surface area is 135 Å². The minimum atomic E-state index is -0.243. The van der Waals surface area contributed by atoms with E-state index < -0.39 is 0 Å². The SMILES string of the molecule is COc1cccc(C(=O)NCCCc2ccc(F)cc2)c1OC. The molecular weight excluding hydrogens is 297 g/mol. The predicted molar refractivity (Wildman–Crippen MR) is 86.6 cm³/mol. The smallest absolute Gasteiger partial charge is 0.255 e. The third-order valence-corrected chi connectivity index (χ3v) is 3.49. The van der Waals surface area contributed by atoms with Gasteiger partial charge in [0, 0.05) is 6.54 Å². The molecule has 2 aromatic rings. The summed E-state index contributed by atoms with van der Waals surface area (Å²) in [5.74, 6) is 0.490. The molecule has 0 spiro atoms. The summed E-state index contributed by atoms with van der Waals surface area (Å²) in [5, 5.41) is 2.86. The van der Waals surface area contributed by atoms with Gasteiger partial charge in [-0.2, -0.15) is 0 Å². The number of nitrogens with one attached hydrogen (secondary N) is 1. The summed E-state index contributed by atoms with van der Waals surface area (Å²) in [7, 11) is 3.03. The standard InChI is InChI=1S/C18H20FNO3/c1-22-16-7-3-6-15(17(16)23-2)18(21)20-12-4-5-13-8-10-14(19)11-9-13/h3,6-11H,4-5,12H2,1-2H3,(H,20,21). The number of carbonyl (C=O) groups is 1. The minimum absolute atomic E-state index is 0.208. The largest absolute Gasteiger partial charge is 0.493 e. The van der Waals surface area contributed by atoms with Crippen molar-refractivity contribution in [1.82, 2.24) is 5.32 Å². The van der Waals surface area contributed by atoms with Crippen molar-refractivity contribution in [2.24, 2.45) is 0 Å². The summed E-state index contributed by atoms with van der Waals surface area (Å²) >= 11 is 0. The summed E-state index contributed by atoms with van der Waals surface area (Å²) in [5.41, 5.74) is 1.48. The lowest BCUT2D eigenvalue weighted by atomic mass is 10.1. The van der Waals surface area contributed by atoms with Crippen LogP contribution in [-0.2, 0) is 6.42 Å². The van der Waals surface area contributed by atoms with Gasteiger partial charge in [0.25, 0.3) is 5.91 Å². The lowest BCUT2D eigenvalue weighted by molar-refractivity contribution is 0.0949. The highest BCUT2D eigenvalue weighted by molar-refractivity contribution is 5.97. The van der Waals surface area contributed by atoms with Crippen LogP contribution in [0.3, 0.4) is 0 Å². The topological polar surface area (TPSA) is 47.6 Å². The molecule has 0 atom stereocenters. The molecule has 0 heterocycles. The summed E-state index contributed by atoms with van der Waals surface area (Å²) in [4.78, 5) is 12.3. The highest BCUT2D eigenvalue weighted by Crippen LogP contribution is 2.30. The molecule has 0 saturated carbocycles. The van der Waals surface area contributed by atoms with E-state index in [4.69, 9.17) is 9.47 Å². The van der Waals surface area contributed by atoms with E-state index in [-0.39, 0.29) is 11.7 Å². The molecule has 0 aliphatic carbocycles. The molecule has 1 amide bonds. The predicted octanol–water partition coefficient (Wildman–Crippen LogP) is 3.21. The van der Waals surface area contributed by atoms with Crippen molar-refractivity contribution in [2.75, 3.05) is 20.8 Å². The van der Waals surface area contributed by atoms with Crippen LogP contribution >= 0.6 is 0 Å². The molecule has 122 valence electrons. The number of para-hydroxylation sites is 1. The van der Waals surface area contributed by atoms with Crippen molar-refractivity contribution in [3.8, 4) is 11.5 Å². The van der Waals surface area contributed by atoms with E-state index in [0.717, 1.165) is 18.4 Å². The molecule has 0 bridgehead atoms. The van der Waals surface area contributed by atoms with Crippen LogP contribution in [0.1, 0.15) is 22.3 Å². The Kier molecular flexibility index (Phi) is 5.97. The van der Waals surface area contributed by atoms with Gasteiger partial charge in [0.2, 0.25) is 0 Å². The van der Waals surface area contributed by atoms with Gasteiger partial charge in [0.05, 0.1) is 19.8 Å². The van der Waals surface area contributed by atoms with Gasteiger partial charge in [-0.3, -0.25) is 4.79 Å². The van der Waals surface area contributed by atoms with Gasteiger partial charge in [-0.15, -0.1) is 0 Å². The van der Waals surface area contributed by atoms with E-state index in [1.54, 1.807) is 30.3 Å². The van der Waals surface area contributed by atoms with Gasteiger partial charge in [-0.05, 0) is 42.7 Å². The molecule has 4 nitrogen and oxygen atoms in total. The van der Waals surface area contributed by atoms with Gasteiger partial charge in [-0.1, -0.05) is 18.2 Å². The summed E-state index contributed by atoms with van der Waals surface area (Å²) in [6, 6.07) is 11.6. The number of amides is 1. The monoisotopic (exact) mass is 317 g/mol. The zero-order valence-electron chi connectivity index (χ0n) is 13.3. The highest BCUT2D eigenvalue weighted by atomic mass is 19.1. The first-order chi connectivity index (χ1) is 11.2. The molecule has 5 heteroatoms. The maximum absolute atomic E-state index is 12.8. The molecule has 0 aliphatic rings. The normalized spacial score (nSPS) is 10.2. The fourth-order valence-corrected chi connectivity index (χ4v) is 2.31. The van der Waals surface area contributed by atoms with Crippen molar-refractivity contribution in [3.63, 3.8) is 0 Å². The van der Waals surface area contributed by atoms with E-state index in [1.165, 1.54) is 26.4 Å². The molecular formula is C18H20FNO3. The van der Waals surface area contributed by atoms with E-state index >= 15 is 0 Å². The number of hydrogen-bond acceptors (Lipinski definition) is 3. The molecule has 0 saturated heterocycles. The summed E-state index contributed by atoms with van der Waals surface area (Å²) in [6.07, 6.45) is 1.54. The van der Waals surface area contributed by atoms with Crippen molar-refractivity contribution in [3.05, 3.63) is 59.4 Å². The fraction of sp³-hybridized carbons (Fsp3) is 0.278. The second kappa shape index (κ2) is 8.17. The average molecular weight is 317 g/mol. The lowest BCUT2D eigenvalue weighted by Gasteiger charge is -2.12. The first kappa shape index (κ1) is 16.8. The number of carbonyl (C=O) groups excluding carboxylic acids is 1. The Morgan fingerprint density at radius 2 is 1.83 bits per heavy atom. The van der Waals surface area contributed by atoms with E-state index in [9.17, 15) is 9.18 Å². The Morgan fingerprint density at radius 3 is 2.48 bits per heavy atom. The lowest BCUT2D eigenvalue weighted by Crippen LogP contribution is -2.25. The number of halogens is 1. The number of benzene rings is 2. The number of rotatable bonds is 7. The van der Waals surface area contributed by atoms with Crippen LogP contribution < -0.4 is 14.8 Å². The first-order valence-electron chi connectivity index (χ1n) is 7.39. The Morgan fingerprint density at radius 1 is 1.09 bits per heavy atom. The molecule has 2 rings (SSSR count). The van der Waals surface area contributed by atoms with Gasteiger partial charge >= 0.3 is 0 Å². The van der Waals surface area contributed by atoms with Crippen LogP contribution in [0.15, 0.2) is 42.5 Å². The molecule has 0 unspecified atom stereocenters. The number of hydrogen-bond donors (Lipinski definition) is 1. The third-order valence-electron chi connectivity index (χ3n) is 3.49. The summed E-state index contributed by atoms with van der Waals surface area (Å²) in [6.45, 7) is 0.524. The Balaban J connectivity index is 1.89.